The predicted octanol–water partition coefficient (Wildman–Crippen LogP) is 2.68. The number of carbonyl (C=O) groups is 1. The van der Waals surface area contributed by atoms with E-state index in [0.717, 1.165) is 11.4 Å². The minimum atomic E-state index is -0.115. The number of hydrogen-bond acceptors (Lipinski definition) is 1. The van der Waals surface area contributed by atoms with Crippen LogP contribution in [0.4, 0.5) is 5.69 Å². The molecule has 0 saturated carbocycles. The number of rotatable bonds is 3. The van der Waals surface area contributed by atoms with Gasteiger partial charge in [0.2, 0.25) is 5.91 Å². The zero-order valence-electron chi connectivity index (χ0n) is 9.51. The standard InChI is InChI=1S/C13H13ClN2O/c1-15(13(17)10-14)11-5-4-6-12(9-11)16-7-2-3-8-16/h2-9H,10H2,1H3. The summed E-state index contributed by atoms with van der Waals surface area (Å²) in [4.78, 5) is 13.1. The fourth-order valence-corrected chi connectivity index (χ4v) is 1.78. The van der Waals surface area contributed by atoms with Gasteiger partial charge >= 0.3 is 0 Å². The first-order chi connectivity index (χ1) is 8.22. The van der Waals surface area contributed by atoms with E-state index in [1.807, 2.05) is 53.4 Å². The van der Waals surface area contributed by atoms with Crippen molar-refractivity contribution in [2.24, 2.45) is 0 Å². The lowest BCUT2D eigenvalue weighted by Gasteiger charge is -2.17. The highest BCUT2D eigenvalue weighted by atomic mass is 35.5. The summed E-state index contributed by atoms with van der Waals surface area (Å²) < 4.78 is 1.99. The van der Waals surface area contributed by atoms with E-state index in [9.17, 15) is 4.79 Å². The van der Waals surface area contributed by atoms with E-state index in [1.54, 1.807) is 11.9 Å². The number of benzene rings is 1. The van der Waals surface area contributed by atoms with Crippen LogP contribution in [-0.4, -0.2) is 23.4 Å². The molecule has 0 aliphatic carbocycles. The van der Waals surface area contributed by atoms with Crippen LogP contribution in [0.25, 0.3) is 5.69 Å². The number of amides is 1. The summed E-state index contributed by atoms with van der Waals surface area (Å²) in [6.07, 6.45) is 3.92. The Morgan fingerprint density at radius 1 is 1.29 bits per heavy atom. The van der Waals surface area contributed by atoms with Crippen molar-refractivity contribution in [2.75, 3.05) is 17.8 Å². The number of anilines is 1. The first-order valence-electron chi connectivity index (χ1n) is 5.28. The number of halogens is 1. The van der Waals surface area contributed by atoms with Gasteiger partial charge in [-0.2, -0.15) is 0 Å². The van der Waals surface area contributed by atoms with Crippen LogP contribution in [0.3, 0.4) is 0 Å². The van der Waals surface area contributed by atoms with Gasteiger partial charge in [0.05, 0.1) is 0 Å². The van der Waals surface area contributed by atoms with Crippen LogP contribution in [0.5, 0.6) is 0 Å². The van der Waals surface area contributed by atoms with Crippen molar-refractivity contribution in [3.63, 3.8) is 0 Å². The molecule has 0 fully saturated rings. The molecular weight excluding hydrogens is 236 g/mol. The molecule has 2 rings (SSSR count). The van der Waals surface area contributed by atoms with E-state index >= 15 is 0 Å². The Hall–Kier alpha value is -1.74. The number of hydrogen-bond donors (Lipinski definition) is 0. The Bertz CT molecular complexity index is 508. The molecule has 88 valence electrons. The highest BCUT2D eigenvalue weighted by Crippen LogP contribution is 2.18. The number of carbonyl (C=O) groups excluding carboxylic acids is 1. The number of alkyl halides is 1. The van der Waals surface area contributed by atoms with Crippen molar-refractivity contribution >= 4 is 23.2 Å². The highest BCUT2D eigenvalue weighted by molar-refractivity contribution is 6.29. The van der Waals surface area contributed by atoms with Crippen LogP contribution >= 0.6 is 11.6 Å². The fourth-order valence-electron chi connectivity index (χ4n) is 1.60. The summed E-state index contributed by atoms with van der Waals surface area (Å²) in [5.74, 6) is -0.124. The Morgan fingerprint density at radius 3 is 2.65 bits per heavy atom. The third-order valence-electron chi connectivity index (χ3n) is 2.61. The largest absolute Gasteiger partial charge is 0.324 e. The molecule has 0 saturated heterocycles. The molecule has 2 aromatic rings. The van der Waals surface area contributed by atoms with Crippen LogP contribution in [0.1, 0.15) is 0 Å². The average Bonchev–Trinajstić information content (AvgIpc) is 2.91. The summed E-state index contributed by atoms with van der Waals surface area (Å²) in [7, 11) is 1.72. The quantitative estimate of drug-likeness (QED) is 0.767. The van der Waals surface area contributed by atoms with Gasteiger partial charge in [-0.3, -0.25) is 4.79 Å². The average molecular weight is 249 g/mol. The lowest BCUT2D eigenvalue weighted by Crippen LogP contribution is -2.27. The Balaban J connectivity index is 2.32. The minimum absolute atomic E-state index is 0.00968. The molecule has 0 bridgehead atoms. The third kappa shape index (κ3) is 2.50. The minimum Gasteiger partial charge on any atom is -0.324 e. The maximum atomic E-state index is 11.5. The van der Waals surface area contributed by atoms with E-state index in [-0.39, 0.29) is 11.8 Å². The second kappa shape index (κ2) is 5.06. The van der Waals surface area contributed by atoms with Gasteiger partial charge in [-0.15, -0.1) is 11.6 Å². The van der Waals surface area contributed by atoms with Gasteiger partial charge in [0, 0.05) is 30.8 Å². The topological polar surface area (TPSA) is 25.2 Å². The van der Waals surface area contributed by atoms with Gasteiger partial charge in [-0.05, 0) is 30.3 Å². The first-order valence-corrected chi connectivity index (χ1v) is 5.82. The molecule has 0 spiro atoms. The maximum Gasteiger partial charge on any atom is 0.241 e. The van der Waals surface area contributed by atoms with E-state index < -0.39 is 0 Å². The summed E-state index contributed by atoms with van der Waals surface area (Å²) in [6.45, 7) is 0. The van der Waals surface area contributed by atoms with Crippen molar-refractivity contribution in [1.29, 1.82) is 0 Å². The van der Waals surface area contributed by atoms with Gasteiger partial charge in [0.1, 0.15) is 5.88 Å². The van der Waals surface area contributed by atoms with Crippen molar-refractivity contribution in [1.82, 2.24) is 4.57 Å². The second-order valence-corrected chi connectivity index (χ2v) is 3.96. The summed E-state index contributed by atoms with van der Waals surface area (Å²) >= 11 is 5.54. The van der Waals surface area contributed by atoms with Gasteiger partial charge in [-0.1, -0.05) is 6.07 Å². The van der Waals surface area contributed by atoms with Crippen LogP contribution in [0.2, 0.25) is 0 Å². The Kier molecular flexibility index (Phi) is 3.49. The van der Waals surface area contributed by atoms with Gasteiger partial charge in [0.25, 0.3) is 0 Å². The molecule has 1 heterocycles. The van der Waals surface area contributed by atoms with Crippen LogP contribution in [0.15, 0.2) is 48.8 Å². The summed E-state index contributed by atoms with van der Waals surface area (Å²) in [6, 6.07) is 11.7. The SMILES string of the molecule is CN(C(=O)CCl)c1cccc(-n2cccc2)c1. The molecule has 0 radical (unpaired) electrons. The molecular formula is C13H13ClN2O. The predicted molar refractivity (Wildman–Crippen MR) is 69.9 cm³/mol. The third-order valence-corrected chi connectivity index (χ3v) is 2.84. The maximum absolute atomic E-state index is 11.5. The fraction of sp³-hybridized carbons (Fsp3) is 0.154. The van der Waals surface area contributed by atoms with Crippen LogP contribution < -0.4 is 4.90 Å². The Morgan fingerprint density at radius 2 is 2.00 bits per heavy atom. The molecule has 4 heteroatoms. The van der Waals surface area contributed by atoms with E-state index in [2.05, 4.69) is 0 Å². The van der Waals surface area contributed by atoms with Crippen molar-refractivity contribution in [2.45, 2.75) is 0 Å². The first kappa shape index (κ1) is 11.7. The molecule has 0 atom stereocenters. The molecule has 0 N–H and O–H groups in total. The monoisotopic (exact) mass is 248 g/mol. The van der Waals surface area contributed by atoms with Gasteiger partial charge < -0.3 is 9.47 Å². The van der Waals surface area contributed by atoms with Crippen molar-refractivity contribution in [3.8, 4) is 5.69 Å². The number of aromatic nitrogens is 1. The zero-order chi connectivity index (χ0) is 12.3. The second-order valence-electron chi connectivity index (χ2n) is 3.70. The lowest BCUT2D eigenvalue weighted by molar-refractivity contribution is -0.116. The summed E-state index contributed by atoms with van der Waals surface area (Å²) in [5.41, 5.74) is 1.85. The van der Waals surface area contributed by atoms with Crippen molar-refractivity contribution in [3.05, 3.63) is 48.8 Å². The molecule has 1 amide bonds. The summed E-state index contributed by atoms with van der Waals surface area (Å²) in [5, 5.41) is 0. The van der Waals surface area contributed by atoms with E-state index in [1.165, 1.54) is 0 Å². The molecule has 3 nitrogen and oxygen atoms in total. The molecule has 0 aliphatic rings. The number of nitrogens with zero attached hydrogens (tertiary/aromatic N) is 2. The van der Waals surface area contributed by atoms with E-state index in [0.29, 0.717) is 0 Å². The smallest absolute Gasteiger partial charge is 0.241 e. The molecule has 0 aliphatic heterocycles. The highest BCUT2D eigenvalue weighted by Gasteiger charge is 2.09. The molecule has 17 heavy (non-hydrogen) atoms. The zero-order valence-corrected chi connectivity index (χ0v) is 10.3. The van der Waals surface area contributed by atoms with E-state index in [4.69, 9.17) is 11.6 Å². The lowest BCUT2D eigenvalue weighted by atomic mass is 10.2. The normalized spacial score (nSPS) is 10.2. The van der Waals surface area contributed by atoms with Gasteiger partial charge in [-0.25, -0.2) is 0 Å². The van der Waals surface area contributed by atoms with Crippen molar-refractivity contribution < 1.29 is 4.79 Å². The molecule has 1 aromatic heterocycles. The van der Waals surface area contributed by atoms with Gasteiger partial charge in [0.15, 0.2) is 0 Å². The Labute approximate surface area is 105 Å². The van der Waals surface area contributed by atoms with Crippen LogP contribution in [-0.2, 0) is 4.79 Å². The van der Waals surface area contributed by atoms with Crippen LogP contribution in [0, 0.1) is 0 Å². The molecule has 1 aromatic carbocycles. The molecule has 0 unspecified atom stereocenters.